The Labute approximate surface area is 174 Å². The van der Waals surface area contributed by atoms with Gasteiger partial charge >= 0.3 is 5.97 Å². The molecule has 0 radical (unpaired) electrons. The van der Waals surface area contributed by atoms with Gasteiger partial charge < -0.3 is 10.1 Å². The lowest BCUT2D eigenvalue weighted by molar-refractivity contribution is -0.125. The normalized spacial score (nSPS) is 11.9. The number of rotatable bonds is 7. The number of carbonyl (C=O) groups excluding carboxylic acids is 2. The van der Waals surface area contributed by atoms with Gasteiger partial charge in [0, 0.05) is 17.8 Å². The average molecular weight is 409 g/mol. The lowest BCUT2D eigenvalue weighted by Gasteiger charge is -2.17. The lowest BCUT2D eigenvalue weighted by atomic mass is 10.1. The molecule has 30 heavy (non-hydrogen) atoms. The van der Waals surface area contributed by atoms with Crippen LogP contribution in [0.5, 0.6) is 0 Å². The van der Waals surface area contributed by atoms with Crippen LogP contribution in [0.25, 0.3) is 16.9 Å². The van der Waals surface area contributed by atoms with Gasteiger partial charge in [-0.3, -0.25) is 4.79 Å². The number of carbonyl (C=O) groups is 2. The molecule has 0 saturated heterocycles. The number of para-hydroxylation sites is 1. The molecule has 3 rings (SSSR count). The molecule has 1 N–H and O–H groups in total. The molecular formula is C23H24FN3O3. The SMILES string of the molecule is CC(C)[C@@H](C)NC(=O)COC(=O)c1cn(-c2ccccc2)nc1-c1ccc(F)cc1. The molecule has 156 valence electrons. The number of ether oxygens (including phenoxy) is 1. The fourth-order valence-corrected chi connectivity index (χ4v) is 2.73. The standard InChI is InChI=1S/C23H24FN3O3/c1-15(2)16(3)25-21(28)14-30-23(29)20-13-27(19-7-5-4-6-8-19)26-22(20)17-9-11-18(24)12-10-17/h4-13,15-16H,14H2,1-3H3,(H,25,28)/t16-/m1/s1. The lowest BCUT2D eigenvalue weighted by Crippen LogP contribution is -2.38. The van der Waals surface area contributed by atoms with Crippen LogP contribution in [0.1, 0.15) is 31.1 Å². The Balaban J connectivity index is 1.85. The quantitative estimate of drug-likeness (QED) is 0.599. The van der Waals surface area contributed by atoms with Gasteiger partial charge in [-0.15, -0.1) is 0 Å². The van der Waals surface area contributed by atoms with Crippen LogP contribution >= 0.6 is 0 Å². The van der Waals surface area contributed by atoms with E-state index in [2.05, 4.69) is 10.4 Å². The van der Waals surface area contributed by atoms with E-state index < -0.39 is 12.6 Å². The van der Waals surface area contributed by atoms with Gasteiger partial charge in [0.25, 0.3) is 5.91 Å². The first-order chi connectivity index (χ1) is 14.3. The van der Waals surface area contributed by atoms with E-state index in [1.165, 1.54) is 12.1 Å². The molecule has 0 fully saturated rings. The highest BCUT2D eigenvalue weighted by Gasteiger charge is 2.21. The summed E-state index contributed by atoms with van der Waals surface area (Å²) in [6, 6.07) is 14.9. The van der Waals surface area contributed by atoms with Crippen molar-refractivity contribution in [3.05, 3.63) is 72.2 Å². The fraction of sp³-hybridized carbons (Fsp3) is 0.261. The third-order valence-corrected chi connectivity index (χ3v) is 4.80. The molecule has 7 heteroatoms. The summed E-state index contributed by atoms with van der Waals surface area (Å²) >= 11 is 0. The van der Waals surface area contributed by atoms with Crippen LogP contribution in [-0.4, -0.2) is 34.3 Å². The number of esters is 1. The molecule has 6 nitrogen and oxygen atoms in total. The summed E-state index contributed by atoms with van der Waals surface area (Å²) in [7, 11) is 0. The number of nitrogens with one attached hydrogen (secondary N) is 1. The van der Waals surface area contributed by atoms with Crippen molar-refractivity contribution >= 4 is 11.9 Å². The van der Waals surface area contributed by atoms with Crippen LogP contribution in [0.15, 0.2) is 60.8 Å². The Bertz CT molecular complexity index is 1010. The van der Waals surface area contributed by atoms with Crippen molar-refractivity contribution in [2.45, 2.75) is 26.8 Å². The first kappa shape index (κ1) is 21.2. The number of halogens is 1. The van der Waals surface area contributed by atoms with Crippen LogP contribution in [0.3, 0.4) is 0 Å². The molecule has 0 unspecified atom stereocenters. The van der Waals surface area contributed by atoms with E-state index in [-0.39, 0.29) is 29.2 Å². The Kier molecular flexibility index (Phi) is 6.61. The van der Waals surface area contributed by atoms with E-state index in [1.54, 1.807) is 23.0 Å². The molecule has 0 aliphatic carbocycles. The Morgan fingerprint density at radius 2 is 1.73 bits per heavy atom. The second kappa shape index (κ2) is 9.35. The summed E-state index contributed by atoms with van der Waals surface area (Å²) in [5.74, 6) is -1.17. The van der Waals surface area contributed by atoms with E-state index in [0.717, 1.165) is 5.69 Å². The maximum absolute atomic E-state index is 13.3. The first-order valence-electron chi connectivity index (χ1n) is 9.72. The summed E-state index contributed by atoms with van der Waals surface area (Å²) in [4.78, 5) is 24.8. The molecule has 0 aliphatic rings. The third-order valence-electron chi connectivity index (χ3n) is 4.80. The van der Waals surface area contributed by atoms with Crippen molar-refractivity contribution in [2.24, 2.45) is 5.92 Å². The number of amides is 1. The van der Waals surface area contributed by atoms with Crippen molar-refractivity contribution < 1.29 is 18.7 Å². The number of nitrogens with zero attached hydrogens (tertiary/aromatic N) is 2. The van der Waals surface area contributed by atoms with E-state index in [1.807, 2.05) is 51.1 Å². The molecule has 1 aromatic heterocycles. The zero-order valence-corrected chi connectivity index (χ0v) is 17.1. The van der Waals surface area contributed by atoms with Crippen molar-refractivity contribution in [3.8, 4) is 16.9 Å². The van der Waals surface area contributed by atoms with Crippen LogP contribution in [-0.2, 0) is 9.53 Å². The zero-order valence-electron chi connectivity index (χ0n) is 17.1. The molecule has 1 heterocycles. The Morgan fingerprint density at radius 1 is 1.07 bits per heavy atom. The van der Waals surface area contributed by atoms with Gasteiger partial charge in [-0.2, -0.15) is 5.10 Å². The number of hydrogen-bond donors (Lipinski definition) is 1. The summed E-state index contributed by atoms with van der Waals surface area (Å²) in [6.45, 7) is 5.48. The van der Waals surface area contributed by atoms with Gasteiger partial charge in [0.05, 0.1) is 5.69 Å². The van der Waals surface area contributed by atoms with Crippen LogP contribution in [0, 0.1) is 11.7 Å². The molecule has 2 aromatic carbocycles. The van der Waals surface area contributed by atoms with E-state index in [0.29, 0.717) is 11.3 Å². The number of hydrogen-bond acceptors (Lipinski definition) is 4. The molecule has 0 aliphatic heterocycles. The van der Waals surface area contributed by atoms with E-state index in [9.17, 15) is 14.0 Å². The predicted molar refractivity (Wildman–Crippen MR) is 112 cm³/mol. The van der Waals surface area contributed by atoms with E-state index >= 15 is 0 Å². The molecule has 0 saturated carbocycles. The van der Waals surface area contributed by atoms with Gasteiger partial charge in [0.2, 0.25) is 0 Å². The largest absolute Gasteiger partial charge is 0.452 e. The molecule has 1 atom stereocenters. The number of benzene rings is 2. The highest BCUT2D eigenvalue weighted by Crippen LogP contribution is 2.25. The minimum Gasteiger partial charge on any atom is -0.452 e. The molecule has 0 spiro atoms. The summed E-state index contributed by atoms with van der Waals surface area (Å²) in [5.41, 5.74) is 1.86. The topological polar surface area (TPSA) is 73.2 Å². The van der Waals surface area contributed by atoms with Gasteiger partial charge in [-0.05, 0) is 49.2 Å². The first-order valence-corrected chi connectivity index (χ1v) is 9.72. The summed E-state index contributed by atoms with van der Waals surface area (Å²) in [6.07, 6.45) is 1.55. The molecule has 3 aromatic rings. The monoisotopic (exact) mass is 409 g/mol. The van der Waals surface area contributed by atoms with Crippen molar-refractivity contribution in [1.29, 1.82) is 0 Å². The highest BCUT2D eigenvalue weighted by molar-refractivity contribution is 5.97. The van der Waals surface area contributed by atoms with Crippen molar-refractivity contribution in [3.63, 3.8) is 0 Å². The molecule has 1 amide bonds. The zero-order chi connectivity index (χ0) is 21.7. The fourth-order valence-electron chi connectivity index (χ4n) is 2.73. The maximum atomic E-state index is 13.3. The van der Waals surface area contributed by atoms with E-state index in [4.69, 9.17) is 4.74 Å². The molecule has 0 bridgehead atoms. The van der Waals surface area contributed by atoms with Crippen LogP contribution in [0.4, 0.5) is 4.39 Å². The minimum absolute atomic E-state index is 0.0354. The smallest absolute Gasteiger partial charge is 0.342 e. The van der Waals surface area contributed by atoms with Gasteiger partial charge in [-0.25, -0.2) is 13.9 Å². The minimum atomic E-state index is -0.677. The highest BCUT2D eigenvalue weighted by atomic mass is 19.1. The average Bonchev–Trinajstić information content (AvgIpc) is 3.18. The summed E-state index contributed by atoms with van der Waals surface area (Å²) in [5, 5.41) is 7.28. The maximum Gasteiger partial charge on any atom is 0.342 e. The second-order valence-electron chi connectivity index (χ2n) is 7.35. The van der Waals surface area contributed by atoms with Gasteiger partial charge in [0.1, 0.15) is 17.1 Å². The summed E-state index contributed by atoms with van der Waals surface area (Å²) < 4.78 is 20.1. The number of aromatic nitrogens is 2. The van der Waals surface area contributed by atoms with Gasteiger partial charge in [-0.1, -0.05) is 32.0 Å². The van der Waals surface area contributed by atoms with Gasteiger partial charge in [0.15, 0.2) is 6.61 Å². The predicted octanol–water partition coefficient (Wildman–Crippen LogP) is 4.00. The van der Waals surface area contributed by atoms with Crippen molar-refractivity contribution in [2.75, 3.05) is 6.61 Å². The van der Waals surface area contributed by atoms with Crippen LogP contribution < -0.4 is 5.32 Å². The van der Waals surface area contributed by atoms with Crippen molar-refractivity contribution in [1.82, 2.24) is 15.1 Å². The Morgan fingerprint density at radius 3 is 2.37 bits per heavy atom. The molecular weight excluding hydrogens is 385 g/mol. The second-order valence-corrected chi connectivity index (χ2v) is 7.35. The van der Waals surface area contributed by atoms with Crippen LogP contribution in [0.2, 0.25) is 0 Å². The Hall–Kier alpha value is -3.48. The third kappa shape index (κ3) is 5.11.